The highest BCUT2D eigenvalue weighted by atomic mass is 35.5. The number of allylic oxidation sites excluding steroid dienone is 2. The van der Waals surface area contributed by atoms with E-state index in [4.69, 9.17) is 16.3 Å². The lowest BCUT2D eigenvalue weighted by Gasteiger charge is -2.43. The SMILES string of the molecule is CN1C(Cl)=CC=C(N2CCOCC2)C1C1CCCN1. The van der Waals surface area contributed by atoms with Crippen LogP contribution < -0.4 is 5.32 Å². The molecule has 3 aliphatic rings. The van der Waals surface area contributed by atoms with Gasteiger partial charge in [0.15, 0.2) is 0 Å². The van der Waals surface area contributed by atoms with Gasteiger partial charge in [0, 0.05) is 31.9 Å². The molecule has 3 aliphatic heterocycles. The van der Waals surface area contributed by atoms with Crippen LogP contribution in [0.5, 0.6) is 0 Å². The van der Waals surface area contributed by atoms with E-state index in [9.17, 15) is 0 Å². The summed E-state index contributed by atoms with van der Waals surface area (Å²) in [6.45, 7) is 4.72. The molecule has 0 bridgehead atoms. The van der Waals surface area contributed by atoms with Crippen LogP contribution in [0.1, 0.15) is 12.8 Å². The number of likely N-dealkylation sites (N-methyl/N-ethyl adjacent to an activating group) is 1. The van der Waals surface area contributed by atoms with Gasteiger partial charge in [0.05, 0.1) is 19.3 Å². The largest absolute Gasteiger partial charge is 0.378 e. The average molecular weight is 284 g/mol. The minimum absolute atomic E-state index is 0.345. The second kappa shape index (κ2) is 5.73. The summed E-state index contributed by atoms with van der Waals surface area (Å²) >= 11 is 6.32. The van der Waals surface area contributed by atoms with Crippen molar-refractivity contribution < 1.29 is 4.74 Å². The highest BCUT2D eigenvalue weighted by Crippen LogP contribution is 2.30. The molecule has 0 spiro atoms. The van der Waals surface area contributed by atoms with Gasteiger partial charge in [-0.2, -0.15) is 0 Å². The van der Waals surface area contributed by atoms with Crippen LogP contribution >= 0.6 is 11.6 Å². The number of hydrogen-bond acceptors (Lipinski definition) is 4. The zero-order valence-corrected chi connectivity index (χ0v) is 12.2. The molecular formula is C14H22ClN3O. The summed E-state index contributed by atoms with van der Waals surface area (Å²) in [4.78, 5) is 4.65. The molecule has 0 amide bonds. The summed E-state index contributed by atoms with van der Waals surface area (Å²) < 4.78 is 5.46. The smallest absolute Gasteiger partial charge is 0.105 e. The highest BCUT2D eigenvalue weighted by molar-refractivity contribution is 6.29. The molecule has 2 saturated heterocycles. The number of nitrogens with one attached hydrogen (secondary N) is 1. The topological polar surface area (TPSA) is 27.7 Å². The Morgan fingerprint density at radius 3 is 2.79 bits per heavy atom. The maximum atomic E-state index is 6.32. The van der Waals surface area contributed by atoms with Gasteiger partial charge in [-0.05, 0) is 31.5 Å². The second-order valence-corrected chi connectivity index (χ2v) is 5.83. The molecule has 2 fully saturated rings. The van der Waals surface area contributed by atoms with Crippen LogP contribution in [0, 0.1) is 0 Å². The fraction of sp³-hybridized carbons (Fsp3) is 0.714. The Kier molecular flexibility index (Phi) is 4.01. The fourth-order valence-corrected chi connectivity index (χ4v) is 3.44. The molecule has 106 valence electrons. The molecule has 0 aliphatic carbocycles. The maximum Gasteiger partial charge on any atom is 0.105 e. The van der Waals surface area contributed by atoms with Crippen LogP contribution in [0.15, 0.2) is 23.0 Å². The quantitative estimate of drug-likeness (QED) is 0.775. The van der Waals surface area contributed by atoms with E-state index < -0.39 is 0 Å². The number of hydrogen-bond donors (Lipinski definition) is 1. The van der Waals surface area contributed by atoms with Crippen molar-refractivity contribution in [2.24, 2.45) is 0 Å². The van der Waals surface area contributed by atoms with Crippen molar-refractivity contribution in [2.45, 2.75) is 24.9 Å². The number of ether oxygens (including phenoxy) is 1. The molecule has 3 rings (SSSR count). The van der Waals surface area contributed by atoms with Crippen LogP contribution in [-0.2, 0) is 4.74 Å². The van der Waals surface area contributed by atoms with Crippen molar-refractivity contribution in [3.05, 3.63) is 23.0 Å². The molecule has 0 aromatic rings. The average Bonchev–Trinajstić information content (AvgIpc) is 2.96. The molecule has 0 saturated carbocycles. The zero-order valence-electron chi connectivity index (χ0n) is 11.4. The van der Waals surface area contributed by atoms with Gasteiger partial charge in [-0.25, -0.2) is 0 Å². The Morgan fingerprint density at radius 2 is 2.11 bits per heavy atom. The first-order valence-electron chi connectivity index (χ1n) is 7.13. The lowest BCUT2D eigenvalue weighted by molar-refractivity contribution is 0.0446. The van der Waals surface area contributed by atoms with Gasteiger partial charge in [-0.3, -0.25) is 0 Å². The van der Waals surface area contributed by atoms with E-state index in [1.165, 1.54) is 18.5 Å². The number of halogens is 1. The van der Waals surface area contributed by atoms with E-state index in [-0.39, 0.29) is 0 Å². The highest BCUT2D eigenvalue weighted by Gasteiger charge is 2.35. The van der Waals surface area contributed by atoms with Crippen molar-refractivity contribution in [2.75, 3.05) is 39.9 Å². The van der Waals surface area contributed by atoms with Crippen molar-refractivity contribution in [1.29, 1.82) is 0 Å². The first kappa shape index (κ1) is 13.3. The molecule has 0 aromatic heterocycles. The lowest BCUT2D eigenvalue weighted by Crippen LogP contribution is -2.52. The van der Waals surface area contributed by atoms with Crippen molar-refractivity contribution in [3.63, 3.8) is 0 Å². The molecular weight excluding hydrogens is 262 g/mol. The summed E-state index contributed by atoms with van der Waals surface area (Å²) in [5.41, 5.74) is 1.38. The van der Waals surface area contributed by atoms with Crippen LogP contribution in [0.2, 0.25) is 0 Å². The summed E-state index contributed by atoms with van der Waals surface area (Å²) in [5, 5.41) is 4.45. The van der Waals surface area contributed by atoms with Gasteiger partial charge in [-0.1, -0.05) is 11.6 Å². The Morgan fingerprint density at radius 1 is 1.32 bits per heavy atom. The van der Waals surface area contributed by atoms with Crippen LogP contribution in [0.4, 0.5) is 0 Å². The maximum absolute atomic E-state index is 6.32. The standard InChI is InChI=1S/C14H22ClN3O/c1-17-13(15)5-4-12(18-7-9-19-10-8-18)14(17)11-3-2-6-16-11/h4-5,11,14,16H,2-3,6-10H2,1H3. The minimum atomic E-state index is 0.345. The Bertz CT molecular complexity index is 384. The van der Waals surface area contributed by atoms with Crippen LogP contribution in [-0.4, -0.2) is 61.8 Å². The normalized spacial score (nSPS) is 32.3. The lowest BCUT2D eigenvalue weighted by atomic mass is 9.98. The van der Waals surface area contributed by atoms with E-state index in [1.54, 1.807) is 0 Å². The summed E-state index contributed by atoms with van der Waals surface area (Å²) in [5.74, 6) is 0. The Labute approximate surface area is 120 Å². The van der Waals surface area contributed by atoms with Gasteiger partial charge in [0.2, 0.25) is 0 Å². The van der Waals surface area contributed by atoms with E-state index in [1.807, 2.05) is 6.08 Å². The first-order chi connectivity index (χ1) is 9.27. The van der Waals surface area contributed by atoms with Gasteiger partial charge < -0.3 is 19.9 Å². The fourth-order valence-electron chi connectivity index (χ4n) is 3.27. The molecule has 4 nitrogen and oxygen atoms in total. The third-order valence-corrected chi connectivity index (χ3v) is 4.70. The van der Waals surface area contributed by atoms with Crippen LogP contribution in [0.3, 0.4) is 0 Å². The van der Waals surface area contributed by atoms with Gasteiger partial charge in [-0.15, -0.1) is 0 Å². The first-order valence-corrected chi connectivity index (χ1v) is 7.51. The number of morpholine rings is 1. The van der Waals surface area contributed by atoms with Gasteiger partial charge >= 0.3 is 0 Å². The predicted octanol–water partition coefficient (Wildman–Crippen LogP) is 1.35. The second-order valence-electron chi connectivity index (χ2n) is 5.44. The van der Waals surface area contributed by atoms with Crippen LogP contribution in [0.25, 0.3) is 0 Å². The molecule has 5 heteroatoms. The number of rotatable bonds is 2. The molecule has 2 atom stereocenters. The van der Waals surface area contributed by atoms with E-state index in [2.05, 4.69) is 28.2 Å². The zero-order chi connectivity index (χ0) is 13.2. The Hall–Kier alpha value is -0.710. The van der Waals surface area contributed by atoms with E-state index in [0.717, 1.165) is 38.0 Å². The van der Waals surface area contributed by atoms with Gasteiger partial charge in [0.1, 0.15) is 5.16 Å². The third kappa shape index (κ3) is 2.62. The van der Waals surface area contributed by atoms with Gasteiger partial charge in [0.25, 0.3) is 0 Å². The molecule has 0 radical (unpaired) electrons. The summed E-state index contributed by atoms with van der Waals surface area (Å²) in [6, 6.07) is 0.847. The summed E-state index contributed by atoms with van der Waals surface area (Å²) in [7, 11) is 2.09. The third-order valence-electron chi connectivity index (χ3n) is 4.30. The Balaban J connectivity index is 1.84. The molecule has 3 heterocycles. The summed E-state index contributed by atoms with van der Waals surface area (Å²) in [6.07, 6.45) is 6.68. The molecule has 0 aromatic carbocycles. The molecule has 2 unspecified atom stereocenters. The van der Waals surface area contributed by atoms with E-state index >= 15 is 0 Å². The van der Waals surface area contributed by atoms with Crippen molar-refractivity contribution >= 4 is 11.6 Å². The molecule has 1 N–H and O–H groups in total. The van der Waals surface area contributed by atoms with Crippen molar-refractivity contribution in [3.8, 4) is 0 Å². The minimum Gasteiger partial charge on any atom is -0.378 e. The van der Waals surface area contributed by atoms with Crippen molar-refractivity contribution in [1.82, 2.24) is 15.1 Å². The molecule has 19 heavy (non-hydrogen) atoms. The number of nitrogens with zero attached hydrogens (tertiary/aromatic N) is 2. The predicted molar refractivity (Wildman–Crippen MR) is 77.0 cm³/mol. The monoisotopic (exact) mass is 283 g/mol. The van der Waals surface area contributed by atoms with E-state index in [0.29, 0.717) is 12.1 Å².